The molecule has 0 amide bonds. The van der Waals surface area contributed by atoms with Crippen molar-refractivity contribution < 1.29 is 13.9 Å². The fourth-order valence-electron chi connectivity index (χ4n) is 4.13. The standard InChI is InChI=1S/C25H23NO4S/c1-16-20-9-10-22-21(14-26(15-29-22)12-11-19-4-3-13-31-19)24(20)30-25(27)23(16)17-5-7-18(28-2)8-6-17/h3-10,13H,11-12,14-15H2,1-2H3. The van der Waals surface area contributed by atoms with Crippen LogP contribution in [0.4, 0.5) is 0 Å². The first-order valence-electron chi connectivity index (χ1n) is 10.3. The second kappa shape index (κ2) is 8.21. The highest BCUT2D eigenvalue weighted by atomic mass is 32.1. The SMILES string of the molecule is COc1ccc(-c2c(C)c3ccc4c(c3oc2=O)CN(CCc2cccs2)CO4)cc1. The van der Waals surface area contributed by atoms with Gasteiger partial charge in [-0.1, -0.05) is 18.2 Å². The second-order valence-corrected chi connectivity index (χ2v) is 8.72. The molecule has 0 bridgehead atoms. The van der Waals surface area contributed by atoms with Crippen LogP contribution in [0.15, 0.2) is 63.1 Å². The van der Waals surface area contributed by atoms with Gasteiger partial charge in [0.05, 0.1) is 18.2 Å². The van der Waals surface area contributed by atoms with Gasteiger partial charge in [0, 0.05) is 23.4 Å². The second-order valence-electron chi connectivity index (χ2n) is 7.69. The Hall–Kier alpha value is -3.09. The van der Waals surface area contributed by atoms with E-state index in [0.717, 1.165) is 46.5 Å². The highest BCUT2D eigenvalue weighted by Gasteiger charge is 2.23. The number of hydrogen-bond donors (Lipinski definition) is 0. The Morgan fingerprint density at radius 2 is 1.97 bits per heavy atom. The van der Waals surface area contributed by atoms with E-state index in [1.54, 1.807) is 18.4 Å². The lowest BCUT2D eigenvalue weighted by Gasteiger charge is -2.29. The number of rotatable bonds is 5. The molecular weight excluding hydrogens is 410 g/mol. The predicted molar refractivity (Wildman–Crippen MR) is 123 cm³/mol. The quantitative estimate of drug-likeness (QED) is 0.403. The molecule has 4 aromatic rings. The van der Waals surface area contributed by atoms with Crippen molar-refractivity contribution in [2.45, 2.75) is 19.9 Å². The Morgan fingerprint density at radius 3 is 2.71 bits per heavy atom. The average molecular weight is 434 g/mol. The van der Waals surface area contributed by atoms with E-state index in [-0.39, 0.29) is 5.63 Å². The Kier molecular flexibility index (Phi) is 5.26. The minimum Gasteiger partial charge on any atom is -0.497 e. The summed E-state index contributed by atoms with van der Waals surface area (Å²) in [5, 5.41) is 3.04. The van der Waals surface area contributed by atoms with Crippen LogP contribution in [0, 0.1) is 6.92 Å². The van der Waals surface area contributed by atoms with Crippen LogP contribution < -0.4 is 15.1 Å². The lowest BCUT2D eigenvalue weighted by molar-refractivity contribution is 0.0970. The zero-order valence-corrected chi connectivity index (χ0v) is 18.3. The molecule has 0 unspecified atom stereocenters. The lowest BCUT2D eigenvalue weighted by Crippen LogP contribution is -2.33. The first-order valence-corrected chi connectivity index (χ1v) is 11.1. The molecule has 0 radical (unpaired) electrons. The molecule has 31 heavy (non-hydrogen) atoms. The van der Waals surface area contributed by atoms with E-state index in [1.165, 1.54) is 4.88 Å². The maximum atomic E-state index is 13.0. The molecule has 2 aromatic heterocycles. The van der Waals surface area contributed by atoms with Gasteiger partial charge in [0.25, 0.3) is 0 Å². The van der Waals surface area contributed by atoms with Gasteiger partial charge in [-0.3, -0.25) is 4.90 Å². The van der Waals surface area contributed by atoms with Gasteiger partial charge in [0.1, 0.15) is 23.8 Å². The van der Waals surface area contributed by atoms with Gasteiger partial charge in [0.2, 0.25) is 0 Å². The summed E-state index contributed by atoms with van der Waals surface area (Å²) >= 11 is 1.77. The number of hydrogen-bond acceptors (Lipinski definition) is 6. The van der Waals surface area contributed by atoms with Crippen molar-refractivity contribution in [3.8, 4) is 22.6 Å². The first kappa shape index (κ1) is 19.8. The molecule has 1 aliphatic rings. The highest BCUT2D eigenvalue weighted by molar-refractivity contribution is 7.09. The number of aryl methyl sites for hydroxylation is 1. The van der Waals surface area contributed by atoms with E-state index in [4.69, 9.17) is 13.9 Å². The normalized spacial score (nSPS) is 13.7. The van der Waals surface area contributed by atoms with Crippen molar-refractivity contribution in [2.24, 2.45) is 0 Å². The van der Waals surface area contributed by atoms with Crippen molar-refractivity contribution in [1.82, 2.24) is 4.90 Å². The fourth-order valence-corrected chi connectivity index (χ4v) is 4.83. The summed E-state index contributed by atoms with van der Waals surface area (Å²) in [5.41, 5.74) is 3.55. The molecule has 0 N–H and O–H groups in total. The van der Waals surface area contributed by atoms with E-state index in [9.17, 15) is 4.79 Å². The van der Waals surface area contributed by atoms with Gasteiger partial charge in [-0.05, 0) is 60.2 Å². The smallest absolute Gasteiger partial charge is 0.344 e. The Labute approximate surface area is 184 Å². The summed E-state index contributed by atoms with van der Waals surface area (Å²) in [6.45, 7) is 4.10. The van der Waals surface area contributed by atoms with Crippen LogP contribution in [0.3, 0.4) is 0 Å². The van der Waals surface area contributed by atoms with E-state index in [2.05, 4.69) is 22.4 Å². The summed E-state index contributed by atoms with van der Waals surface area (Å²) in [6, 6.07) is 15.7. The average Bonchev–Trinajstić information content (AvgIpc) is 3.32. The Bertz CT molecular complexity index is 1280. The van der Waals surface area contributed by atoms with Crippen LogP contribution in [-0.4, -0.2) is 25.3 Å². The maximum absolute atomic E-state index is 13.0. The van der Waals surface area contributed by atoms with Gasteiger partial charge in [0.15, 0.2) is 0 Å². The monoisotopic (exact) mass is 433 g/mol. The summed E-state index contributed by atoms with van der Waals surface area (Å²) in [5.74, 6) is 1.54. The minimum absolute atomic E-state index is 0.334. The third kappa shape index (κ3) is 3.73. The van der Waals surface area contributed by atoms with Gasteiger partial charge in [-0.2, -0.15) is 0 Å². The molecule has 5 nitrogen and oxygen atoms in total. The third-order valence-electron chi connectivity index (χ3n) is 5.81. The van der Waals surface area contributed by atoms with E-state index in [0.29, 0.717) is 24.4 Å². The largest absolute Gasteiger partial charge is 0.497 e. The number of nitrogens with zero attached hydrogens (tertiary/aromatic N) is 1. The van der Waals surface area contributed by atoms with Crippen LogP contribution in [0.25, 0.3) is 22.1 Å². The molecule has 158 valence electrons. The molecule has 0 aliphatic carbocycles. The van der Waals surface area contributed by atoms with Crippen LogP contribution in [0.5, 0.6) is 11.5 Å². The number of thiophene rings is 1. The summed E-state index contributed by atoms with van der Waals surface area (Å²) in [7, 11) is 1.62. The first-order chi connectivity index (χ1) is 15.1. The molecule has 2 aromatic carbocycles. The van der Waals surface area contributed by atoms with Crippen LogP contribution in [0.2, 0.25) is 0 Å². The molecular formula is C25H23NO4S. The van der Waals surface area contributed by atoms with Crippen molar-refractivity contribution in [3.05, 3.63) is 80.3 Å². The number of methoxy groups -OCH3 is 1. The van der Waals surface area contributed by atoms with Crippen LogP contribution in [-0.2, 0) is 13.0 Å². The summed E-state index contributed by atoms with van der Waals surface area (Å²) in [4.78, 5) is 16.6. The lowest BCUT2D eigenvalue weighted by atomic mass is 9.97. The molecule has 0 atom stereocenters. The fraction of sp³-hybridized carbons (Fsp3) is 0.240. The van der Waals surface area contributed by atoms with Gasteiger partial charge < -0.3 is 13.9 Å². The van der Waals surface area contributed by atoms with Crippen molar-refractivity contribution in [3.63, 3.8) is 0 Å². The van der Waals surface area contributed by atoms with Crippen molar-refractivity contribution in [2.75, 3.05) is 20.4 Å². The third-order valence-corrected chi connectivity index (χ3v) is 6.75. The van der Waals surface area contributed by atoms with Crippen LogP contribution in [0.1, 0.15) is 16.0 Å². The molecule has 0 spiro atoms. The highest BCUT2D eigenvalue weighted by Crippen LogP contribution is 2.35. The van der Waals surface area contributed by atoms with E-state index in [1.807, 2.05) is 43.3 Å². The molecule has 0 saturated carbocycles. The molecule has 0 fully saturated rings. The van der Waals surface area contributed by atoms with Gasteiger partial charge in [-0.15, -0.1) is 11.3 Å². The maximum Gasteiger partial charge on any atom is 0.344 e. The molecule has 5 rings (SSSR count). The molecule has 0 saturated heterocycles. The number of ether oxygens (including phenoxy) is 2. The zero-order chi connectivity index (χ0) is 21.4. The van der Waals surface area contributed by atoms with E-state index < -0.39 is 0 Å². The summed E-state index contributed by atoms with van der Waals surface area (Å²) in [6.07, 6.45) is 0.978. The van der Waals surface area contributed by atoms with Crippen molar-refractivity contribution >= 4 is 22.3 Å². The van der Waals surface area contributed by atoms with Crippen molar-refractivity contribution in [1.29, 1.82) is 0 Å². The zero-order valence-electron chi connectivity index (χ0n) is 17.5. The Morgan fingerprint density at radius 1 is 1.13 bits per heavy atom. The van der Waals surface area contributed by atoms with Gasteiger partial charge in [-0.25, -0.2) is 4.79 Å². The Balaban J connectivity index is 1.51. The molecule has 6 heteroatoms. The number of fused-ring (bicyclic) bond motifs is 3. The van der Waals surface area contributed by atoms with E-state index >= 15 is 0 Å². The summed E-state index contributed by atoms with van der Waals surface area (Å²) < 4.78 is 17.1. The van der Waals surface area contributed by atoms with Crippen LogP contribution >= 0.6 is 11.3 Å². The minimum atomic E-state index is -0.334. The molecule has 1 aliphatic heterocycles. The topological polar surface area (TPSA) is 51.9 Å². The number of benzene rings is 2. The predicted octanol–water partition coefficient (Wildman–Crippen LogP) is 5.23. The molecule has 3 heterocycles. The van der Waals surface area contributed by atoms with Gasteiger partial charge >= 0.3 is 5.63 Å².